The van der Waals surface area contributed by atoms with Crippen LogP contribution < -0.4 is 0 Å². The summed E-state index contributed by atoms with van der Waals surface area (Å²) in [4.78, 5) is 12.1. The quantitative estimate of drug-likeness (QED) is 0.732. The van der Waals surface area contributed by atoms with Gasteiger partial charge in [0.2, 0.25) is 0 Å². The number of hydrogen-bond acceptors (Lipinski definition) is 3. The van der Waals surface area contributed by atoms with Crippen LogP contribution in [0.5, 0.6) is 0 Å². The van der Waals surface area contributed by atoms with Gasteiger partial charge in [-0.05, 0) is 42.4 Å². The van der Waals surface area contributed by atoms with Crippen molar-refractivity contribution in [1.29, 1.82) is 0 Å². The third-order valence-electron chi connectivity index (χ3n) is 5.58. The van der Waals surface area contributed by atoms with Crippen molar-refractivity contribution in [2.24, 2.45) is 22.7 Å². The number of rotatable bonds is 1. The Kier molecular flexibility index (Phi) is 3.48. The number of ether oxygens (including phenoxy) is 1. The molecular weight excluding hydrogens is 228 g/mol. The van der Waals surface area contributed by atoms with Crippen LogP contribution in [0, 0.1) is 22.7 Å². The van der Waals surface area contributed by atoms with E-state index in [-0.39, 0.29) is 22.7 Å². The molecule has 4 atom stereocenters. The molecule has 0 spiro atoms. The van der Waals surface area contributed by atoms with E-state index in [1.165, 1.54) is 13.5 Å². The van der Waals surface area contributed by atoms with Crippen LogP contribution in [0.2, 0.25) is 0 Å². The highest BCUT2D eigenvalue weighted by molar-refractivity contribution is 5.74. The number of carbonyl (C=O) groups excluding carboxylic acids is 1. The first-order valence-electron chi connectivity index (χ1n) is 7.09. The van der Waals surface area contributed by atoms with Gasteiger partial charge < -0.3 is 9.84 Å². The molecule has 1 N–H and O–H groups in total. The van der Waals surface area contributed by atoms with Gasteiger partial charge in [-0.1, -0.05) is 27.2 Å². The molecule has 0 aromatic rings. The molecule has 0 aromatic carbocycles. The molecule has 0 bridgehead atoms. The average Bonchev–Trinajstić information content (AvgIpc) is 2.26. The van der Waals surface area contributed by atoms with Crippen LogP contribution in [0.15, 0.2) is 0 Å². The van der Waals surface area contributed by atoms with Crippen LogP contribution in [-0.2, 0) is 9.53 Å². The average molecular weight is 254 g/mol. The molecule has 18 heavy (non-hydrogen) atoms. The van der Waals surface area contributed by atoms with E-state index in [1.807, 2.05) is 0 Å². The zero-order chi connectivity index (χ0) is 13.6. The highest BCUT2D eigenvalue weighted by atomic mass is 16.5. The zero-order valence-electron chi connectivity index (χ0n) is 12.0. The van der Waals surface area contributed by atoms with Gasteiger partial charge in [0.15, 0.2) is 0 Å². The van der Waals surface area contributed by atoms with Crippen LogP contribution in [0.4, 0.5) is 0 Å². The van der Waals surface area contributed by atoms with Crippen molar-refractivity contribution in [3.63, 3.8) is 0 Å². The molecule has 0 heterocycles. The molecule has 0 radical (unpaired) electrons. The lowest BCUT2D eigenvalue weighted by Crippen LogP contribution is -2.55. The SMILES string of the molecule is COC(=O)[C@H]1[C@@H](O)CC[C@H]2C(C)(C)CCC[C@]12C. The number of methoxy groups -OCH3 is 1. The molecule has 3 heteroatoms. The summed E-state index contributed by atoms with van der Waals surface area (Å²) in [6, 6.07) is 0. The monoisotopic (exact) mass is 254 g/mol. The van der Waals surface area contributed by atoms with Gasteiger partial charge in [-0.3, -0.25) is 4.79 Å². The first-order chi connectivity index (χ1) is 8.33. The van der Waals surface area contributed by atoms with Gasteiger partial charge in [-0.25, -0.2) is 0 Å². The van der Waals surface area contributed by atoms with E-state index >= 15 is 0 Å². The molecule has 2 rings (SSSR count). The number of fused-ring (bicyclic) bond motifs is 1. The van der Waals surface area contributed by atoms with E-state index in [9.17, 15) is 9.90 Å². The minimum atomic E-state index is -0.535. The lowest BCUT2D eigenvalue weighted by atomic mass is 9.48. The smallest absolute Gasteiger partial charge is 0.311 e. The molecule has 2 fully saturated rings. The Hall–Kier alpha value is -0.570. The van der Waals surface area contributed by atoms with Gasteiger partial charge in [-0.2, -0.15) is 0 Å². The molecule has 3 nitrogen and oxygen atoms in total. The number of aliphatic hydroxyl groups excluding tert-OH is 1. The van der Waals surface area contributed by atoms with E-state index in [0.29, 0.717) is 5.92 Å². The van der Waals surface area contributed by atoms with E-state index in [0.717, 1.165) is 25.7 Å². The predicted octanol–water partition coefficient (Wildman–Crippen LogP) is 2.76. The van der Waals surface area contributed by atoms with Crippen LogP contribution in [0.25, 0.3) is 0 Å². The maximum atomic E-state index is 12.1. The second-order valence-corrected chi connectivity index (χ2v) is 7.05. The van der Waals surface area contributed by atoms with E-state index in [2.05, 4.69) is 20.8 Å². The van der Waals surface area contributed by atoms with E-state index in [4.69, 9.17) is 4.74 Å². The van der Waals surface area contributed by atoms with Crippen molar-refractivity contribution in [3.05, 3.63) is 0 Å². The fourth-order valence-electron chi connectivity index (χ4n) is 4.76. The fraction of sp³-hybridized carbons (Fsp3) is 0.933. The predicted molar refractivity (Wildman–Crippen MR) is 70.0 cm³/mol. The Balaban J connectivity index is 2.37. The Morgan fingerprint density at radius 3 is 2.50 bits per heavy atom. The van der Waals surface area contributed by atoms with E-state index < -0.39 is 6.10 Å². The van der Waals surface area contributed by atoms with Crippen LogP contribution in [0.3, 0.4) is 0 Å². The van der Waals surface area contributed by atoms with Gasteiger partial charge in [0.05, 0.1) is 19.1 Å². The van der Waals surface area contributed by atoms with Crippen LogP contribution in [-0.4, -0.2) is 24.3 Å². The van der Waals surface area contributed by atoms with Gasteiger partial charge in [-0.15, -0.1) is 0 Å². The van der Waals surface area contributed by atoms with Crippen molar-refractivity contribution < 1.29 is 14.6 Å². The Morgan fingerprint density at radius 1 is 1.22 bits per heavy atom. The van der Waals surface area contributed by atoms with Crippen molar-refractivity contribution >= 4 is 5.97 Å². The minimum absolute atomic E-state index is 0.105. The molecule has 0 amide bonds. The molecule has 0 aromatic heterocycles. The first-order valence-corrected chi connectivity index (χ1v) is 7.09. The Bertz CT molecular complexity index is 337. The highest BCUT2D eigenvalue weighted by Gasteiger charge is 2.57. The van der Waals surface area contributed by atoms with Crippen molar-refractivity contribution in [2.45, 2.75) is 59.0 Å². The van der Waals surface area contributed by atoms with Gasteiger partial charge in [0.25, 0.3) is 0 Å². The summed E-state index contributed by atoms with van der Waals surface area (Å²) < 4.78 is 4.94. The number of hydrogen-bond donors (Lipinski definition) is 1. The van der Waals surface area contributed by atoms with Crippen LogP contribution >= 0.6 is 0 Å². The third kappa shape index (κ3) is 1.97. The maximum Gasteiger partial charge on any atom is 0.311 e. The number of carbonyl (C=O) groups is 1. The summed E-state index contributed by atoms with van der Waals surface area (Å²) in [5.41, 5.74) is 0.159. The van der Waals surface area contributed by atoms with Crippen molar-refractivity contribution in [3.8, 4) is 0 Å². The zero-order valence-corrected chi connectivity index (χ0v) is 12.0. The first kappa shape index (κ1) is 13.9. The molecule has 2 aliphatic rings. The molecule has 0 saturated heterocycles. The molecule has 2 saturated carbocycles. The number of aliphatic hydroxyl groups is 1. The topological polar surface area (TPSA) is 46.5 Å². The van der Waals surface area contributed by atoms with Gasteiger partial charge in [0.1, 0.15) is 0 Å². The standard InChI is InChI=1S/C15H26O3/c1-14(2)8-5-9-15(3)11(14)7-6-10(16)12(15)13(17)18-4/h10-12,16H,5-9H2,1-4H3/t10-,11-,12+,15-/m0/s1. The normalized spacial score (nSPS) is 43.1. The van der Waals surface area contributed by atoms with Crippen molar-refractivity contribution in [1.82, 2.24) is 0 Å². The summed E-state index contributed by atoms with van der Waals surface area (Å²) in [7, 11) is 1.43. The lowest BCUT2D eigenvalue weighted by Gasteiger charge is -2.57. The molecule has 0 aliphatic heterocycles. The van der Waals surface area contributed by atoms with E-state index in [1.54, 1.807) is 0 Å². The second-order valence-electron chi connectivity index (χ2n) is 7.05. The second kappa shape index (κ2) is 4.52. The van der Waals surface area contributed by atoms with Gasteiger partial charge >= 0.3 is 5.97 Å². The fourth-order valence-corrected chi connectivity index (χ4v) is 4.76. The molecular formula is C15H26O3. The number of esters is 1. The molecule has 104 valence electrons. The summed E-state index contributed by atoms with van der Waals surface area (Å²) in [5, 5.41) is 10.2. The Morgan fingerprint density at radius 2 is 1.89 bits per heavy atom. The van der Waals surface area contributed by atoms with Gasteiger partial charge in [0, 0.05) is 0 Å². The molecule has 2 aliphatic carbocycles. The maximum absolute atomic E-state index is 12.1. The lowest BCUT2D eigenvalue weighted by molar-refractivity contribution is -0.175. The summed E-state index contributed by atoms with van der Waals surface area (Å²) in [5.74, 6) is -0.0699. The minimum Gasteiger partial charge on any atom is -0.469 e. The third-order valence-corrected chi connectivity index (χ3v) is 5.58. The highest BCUT2D eigenvalue weighted by Crippen LogP contribution is 2.59. The summed E-state index contributed by atoms with van der Waals surface area (Å²) >= 11 is 0. The van der Waals surface area contributed by atoms with Crippen LogP contribution in [0.1, 0.15) is 52.9 Å². The summed E-state index contributed by atoms with van der Waals surface area (Å²) in [6.45, 7) is 6.80. The molecule has 0 unspecified atom stereocenters. The largest absolute Gasteiger partial charge is 0.469 e. The van der Waals surface area contributed by atoms with Crippen molar-refractivity contribution in [2.75, 3.05) is 7.11 Å². The summed E-state index contributed by atoms with van der Waals surface area (Å²) in [6.07, 6.45) is 4.60. The Labute approximate surface area is 110 Å².